The van der Waals surface area contributed by atoms with Crippen LogP contribution in [0.3, 0.4) is 0 Å². The number of nitrogens with one attached hydrogen (secondary N) is 1. The van der Waals surface area contributed by atoms with Gasteiger partial charge in [0.2, 0.25) is 0 Å². The van der Waals surface area contributed by atoms with E-state index in [9.17, 15) is 4.39 Å². The Balaban J connectivity index is 2.21. The standard InChI is InChI=1S/C12H13FN4/c13-11-8-16-5-3-10(11)12(17-14)6-9-2-1-4-15-7-9/h1-5,7-8,12,17H,6,14H2. The molecule has 2 rings (SSSR count). The summed E-state index contributed by atoms with van der Waals surface area (Å²) in [5.74, 6) is 5.10. The zero-order valence-corrected chi connectivity index (χ0v) is 9.18. The van der Waals surface area contributed by atoms with E-state index in [4.69, 9.17) is 5.84 Å². The summed E-state index contributed by atoms with van der Waals surface area (Å²) in [6.07, 6.45) is 6.74. The van der Waals surface area contributed by atoms with E-state index < -0.39 is 0 Å². The van der Waals surface area contributed by atoms with Crippen LogP contribution in [0.2, 0.25) is 0 Å². The zero-order chi connectivity index (χ0) is 12.1. The molecule has 3 N–H and O–H groups in total. The maximum absolute atomic E-state index is 13.6. The summed E-state index contributed by atoms with van der Waals surface area (Å²) in [5.41, 5.74) is 4.11. The van der Waals surface area contributed by atoms with Gasteiger partial charge in [-0.05, 0) is 24.1 Å². The van der Waals surface area contributed by atoms with E-state index in [1.807, 2.05) is 12.1 Å². The van der Waals surface area contributed by atoms with Gasteiger partial charge in [0.25, 0.3) is 0 Å². The first-order chi connectivity index (χ1) is 8.31. The number of hydrazine groups is 1. The van der Waals surface area contributed by atoms with Crippen molar-refractivity contribution in [2.75, 3.05) is 0 Å². The van der Waals surface area contributed by atoms with Crippen LogP contribution in [0.1, 0.15) is 17.2 Å². The Morgan fingerprint density at radius 1 is 1.24 bits per heavy atom. The first-order valence-electron chi connectivity index (χ1n) is 5.25. The van der Waals surface area contributed by atoms with Gasteiger partial charge in [-0.2, -0.15) is 0 Å². The second-order valence-corrected chi connectivity index (χ2v) is 3.68. The summed E-state index contributed by atoms with van der Waals surface area (Å²) < 4.78 is 13.6. The molecule has 17 heavy (non-hydrogen) atoms. The highest BCUT2D eigenvalue weighted by molar-refractivity contribution is 5.21. The maximum Gasteiger partial charge on any atom is 0.146 e. The van der Waals surface area contributed by atoms with Crippen LogP contribution in [0.4, 0.5) is 4.39 Å². The van der Waals surface area contributed by atoms with Crippen LogP contribution < -0.4 is 11.3 Å². The average Bonchev–Trinajstić information content (AvgIpc) is 2.38. The van der Waals surface area contributed by atoms with Crippen molar-refractivity contribution < 1.29 is 4.39 Å². The number of hydrogen-bond acceptors (Lipinski definition) is 4. The van der Waals surface area contributed by atoms with Crippen molar-refractivity contribution in [3.05, 3.63) is 59.9 Å². The fraction of sp³-hybridized carbons (Fsp3) is 0.167. The van der Waals surface area contributed by atoms with Crippen molar-refractivity contribution in [3.8, 4) is 0 Å². The predicted octanol–water partition coefficient (Wildman–Crippen LogP) is 1.36. The third-order valence-electron chi connectivity index (χ3n) is 2.54. The summed E-state index contributed by atoms with van der Waals surface area (Å²) in [5, 5.41) is 0. The number of nitrogens with zero attached hydrogens (tertiary/aromatic N) is 2. The Bertz CT molecular complexity index is 475. The van der Waals surface area contributed by atoms with Gasteiger partial charge in [0.15, 0.2) is 0 Å². The molecule has 0 aliphatic rings. The summed E-state index contributed by atoms with van der Waals surface area (Å²) in [6, 6.07) is 5.10. The van der Waals surface area contributed by atoms with Gasteiger partial charge in [-0.1, -0.05) is 6.07 Å². The van der Waals surface area contributed by atoms with Crippen molar-refractivity contribution in [1.29, 1.82) is 0 Å². The van der Waals surface area contributed by atoms with Gasteiger partial charge in [-0.15, -0.1) is 0 Å². The first-order valence-corrected chi connectivity index (χ1v) is 5.25. The molecule has 4 nitrogen and oxygen atoms in total. The van der Waals surface area contributed by atoms with Crippen LogP contribution in [0, 0.1) is 5.82 Å². The molecule has 0 aliphatic heterocycles. The number of rotatable bonds is 4. The highest BCUT2D eigenvalue weighted by Crippen LogP contribution is 2.19. The Morgan fingerprint density at radius 3 is 2.71 bits per heavy atom. The molecule has 0 saturated carbocycles. The molecular weight excluding hydrogens is 219 g/mol. The van der Waals surface area contributed by atoms with Crippen LogP contribution in [-0.2, 0) is 6.42 Å². The lowest BCUT2D eigenvalue weighted by molar-refractivity contribution is 0.507. The molecule has 2 heterocycles. The molecule has 0 bridgehead atoms. The van der Waals surface area contributed by atoms with Crippen LogP contribution in [0.5, 0.6) is 0 Å². The summed E-state index contributed by atoms with van der Waals surface area (Å²) in [4.78, 5) is 7.73. The number of hydrogen-bond donors (Lipinski definition) is 2. The monoisotopic (exact) mass is 232 g/mol. The van der Waals surface area contributed by atoms with Crippen molar-refractivity contribution >= 4 is 0 Å². The minimum atomic E-state index is -0.362. The minimum absolute atomic E-state index is 0.290. The number of halogens is 1. The predicted molar refractivity (Wildman–Crippen MR) is 62.2 cm³/mol. The Hall–Kier alpha value is -1.85. The Kier molecular flexibility index (Phi) is 3.74. The minimum Gasteiger partial charge on any atom is -0.271 e. The first kappa shape index (κ1) is 11.6. The molecule has 2 aromatic heterocycles. The fourth-order valence-electron chi connectivity index (χ4n) is 1.68. The average molecular weight is 232 g/mol. The highest BCUT2D eigenvalue weighted by atomic mass is 19.1. The van der Waals surface area contributed by atoms with E-state index >= 15 is 0 Å². The molecular formula is C12H13FN4. The third kappa shape index (κ3) is 2.83. The SMILES string of the molecule is NNC(Cc1cccnc1)c1ccncc1F. The Labute approximate surface area is 98.7 Å². The molecule has 2 aromatic rings. The third-order valence-corrected chi connectivity index (χ3v) is 2.54. The molecule has 5 heteroatoms. The Morgan fingerprint density at radius 2 is 2.06 bits per heavy atom. The molecule has 0 aliphatic carbocycles. The van der Waals surface area contributed by atoms with E-state index in [1.165, 1.54) is 6.20 Å². The molecule has 88 valence electrons. The molecule has 1 atom stereocenters. The van der Waals surface area contributed by atoms with E-state index in [1.54, 1.807) is 24.7 Å². The summed E-state index contributed by atoms with van der Waals surface area (Å²) >= 11 is 0. The van der Waals surface area contributed by atoms with Crippen LogP contribution in [0.25, 0.3) is 0 Å². The van der Waals surface area contributed by atoms with Gasteiger partial charge in [0.05, 0.1) is 12.2 Å². The van der Waals surface area contributed by atoms with Gasteiger partial charge >= 0.3 is 0 Å². The zero-order valence-electron chi connectivity index (χ0n) is 9.18. The van der Waals surface area contributed by atoms with E-state index in [0.717, 1.165) is 5.56 Å². The fourth-order valence-corrected chi connectivity index (χ4v) is 1.68. The molecule has 0 fully saturated rings. The number of pyridine rings is 2. The molecule has 1 unspecified atom stereocenters. The van der Waals surface area contributed by atoms with Crippen molar-refractivity contribution in [2.45, 2.75) is 12.5 Å². The van der Waals surface area contributed by atoms with Gasteiger partial charge in [-0.25, -0.2) is 4.39 Å². The maximum atomic E-state index is 13.6. The second kappa shape index (κ2) is 5.47. The lowest BCUT2D eigenvalue weighted by Crippen LogP contribution is -2.30. The largest absolute Gasteiger partial charge is 0.271 e. The summed E-state index contributed by atoms with van der Waals surface area (Å²) in [7, 11) is 0. The molecule has 0 saturated heterocycles. The van der Waals surface area contributed by atoms with E-state index in [-0.39, 0.29) is 11.9 Å². The van der Waals surface area contributed by atoms with Crippen LogP contribution in [-0.4, -0.2) is 9.97 Å². The highest BCUT2D eigenvalue weighted by Gasteiger charge is 2.14. The molecule has 0 spiro atoms. The van der Waals surface area contributed by atoms with E-state index in [0.29, 0.717) is 12.0 Å². The van der Waals surface area contributed by atoms with Crippen molar-refractivity contribution in [3.63, 3.8) is 0 Å². The topological polar surface area (TPSA) is 63.8 Å². The summed E-state index contributed by atoms with van der Waals surface area (Å²) in [6.45, 7) is 0. The number of nitrogens with two attached hydrogens (primary N) is 1. The smallest absolute Gasteiger partial charge is 0.146 e. The lowest BCUT2D eigenvalue weighted by Gasteiger charge is -2.16. The molecule has 0 radical (unpaired) electrons. The quantitative estimate of drug-likeness (QED) is 0.617. The lowest BCUT2D eigenvalue weighted by atomic mass is 10.0. The van der Waals surface area contributed by atoms with Crippen LogP contribution in [0.15, 0.2) is 43.0 Å². The van der Waals surface area contributed by atoms with Gasteiger partial charge < -0.3 is 0 Å². The van der Waals surface area contributed by atoms with Gasteiger partial charge in [0, 0.05) is 24.2 Å². The normalized spacial score (nSPS) is 12.4. The second-order valence-electron chi connectivity index (χ2n) is 3.68. The van der Waals surface area contributed by atoms with Gasteiger partial charge in [0.1, 0.15) is 5.82 Å². The van der Waals surface area contributed by atoms with Gasteiger partial charge in [-0.3, -0.25) is 21.2 Å². The van der Waals surface area contributed by atoms with E-state index in [2.05, 4.69) is 15.4 Å². The van der Waals surface area contributed by atoms with Crippen LogP contribution >= 0.6 is 0 Å². The number of aromatic nitrogens is 2. The van der Waals surface area contributed by atoms with Crippen molar-refractivity contribution in [2.24, 2.45) is 5.84 Å². The van der Waals surface area contributed by atoms with Crippen molar-refractivity contribution in [1.82, 2.24) is 15.4 Å². The molecule has 0 aromatic carbocycles. The molecule has 0 amide bonds.